The fraction of sp³-hybridized carbons (Fsp3) is 0.279. The third-order valence-corrected chi connectivity index (χ3v) is 8.75. The van der Waals surface area contributed by atoms with E-state index in [-0.39, 0.29) is 30.6 Å². The maximum Gasteiger partial charge on any atom is 0.389 e. The van der Waals surface area contributed by atoms with Crippen LogP contribution in [0.4, 0.5) is 0 Å². The number of aldehydes is 1. The molecule has 4 aromatic rings. The van der Waals surface area contributed by atoms with Crippen LogP contribution in [0.25, 0.3) is 0 Å². The summed E-state index contributed by atoms with van der Waals surface area (Å²) < 4.78 is 27.1. The lowest BCUT2D eigenvalue weighted by Gasteiger charge is -2.31. The highest BCUT2D eigenvalue weighted by molar-refractivity contribution is 5.94. The van der Waals surface area contributed by atoms with E-state index in [2.05, 4.69) is 10.6 Å². The molecular formula is C43H46N4O13. The predicted molar refractivity (Wildman–Crippen MR) is 213 cm³/mol. The Morgan fingerprint density at radius 1 is 0.617 bits per heavy atom. The summed E-state index contributed by atoms with van der Waals surface area (Å²) in [5.41, 5.74) is 9.09. The highest BCUT2D eigenvalue weighted by atomic mass is 16.7. The SMILES string of the molecule is C[C@@](COC(=O)C(OC(=O)[C@](C)(COC(=O)C(C=O)Oc1ccccc1)NC(=O)[C@@H](N)Cc1ccccc1)Oc1ccccc1)(NC(=O)[C@@H](N)Cc1ccccc1)C(=O)O. The van der Waals surface area contributed by atoms with Crippen molar-refractivity contribution in [3.8, 4) is 11.5 Å². The van der Waals surface area contributed by atoms with E-state index < -0.39 is 84.5 Å². The van der Waals surface area contributed by atoms with Gasteiger partial charge in [0.05, 0.1) is 12.1 Å². The molecule has 0 heterocycles. The number of hydrogen-bond donors (Lipinski definition) is 5. The van der Waals surface area contributed by atoms with Crippen LogP contribution in [0.15, 0.2) is 121 Å². The molecule has 0 bridgehead atoms. The number of benzene rings is 4. The van der Waals surface area contributed by atoms with Gasteiger partial charge in [-0.25, -0.2) is 19.2 Å². The summed E-state index contributed by atoms with van der Waals surface area (Å²) in [7, 11) is 0. The minimum absolute atomic E-state index is 0.0117. The molecule has 4 aromatic carbocycles. The van der Waals surface area contributed by atoms with E-state index in [9.17, 15) is 38.7 Å². The zero-order valence-corrected chi connectivity index (χ0v) is 32.8. The second-order valence-corrected chi connectivity index (χ2v) is 13.9. The lowest BCUT2D eigenvalue weighted by atomic mass is 10.0. The highest BCUT2D eigenvalue weighted by Crippen LogP contribution is 2.19. The number of carboxylic acid groups (broad SMARTS) is 1. The average molecular weight is 827 g/mol. The van der Waals surface area contributed by atoms with Gasteiger partial charge in [-0.2, -0.15) is 0 Å². The van der Waals surface area contributed by atoms with Gasteiger partial charge in [0, 0.05) is 0 Å². The fourth-order valence-corrected chi connectivity index (χ4v) is 5.28. The molecule has 7 N–H and O–H groups in total. The second-order valence-electron chi connectivity index (χ2n) is 13.9. The summed E-state index contributed by atoms with van der Waals surface area (Å²) in [6.45, 7) is 0.203. The van der Waals surface area contributed by atoms with E-state index in [1.807, 2.05) is 0 Å². The van der Waals surface area contributed by atoms with Crippen molar-refractivity contribution in [1.29, 1.82) is 0 Å². The molecule has 0 aliphatic rings. The van der Waals surface area contributed by atoms with Crippen LogP contribution >= 0.6 is 0 Å². The number of esters is 3. The number of para-hydroxylation sites is 2. The first-order chi connectivity index (χ1) is 28.6. The van der Waals surface area contributed by atoms with E-state index in [0.717, 1.165) is 13.8 Å². The lowest BCUT2D eigenvalue weighted by molar-refractivity contribution is -0.194. The van der Waals surface area contributed by atoms with Crippen LogP contribution in [0.5, 0.6) is 11.5 Å². The third kappa shape index (κ3) is 13.5. The van der Waals surface area contributed by atoms with Crippen LogP contribution in [0.3, 0.4) is 0 Å². The molecule has 17 nitrogen and oxygen atoms in total. The van der Waals surface area contributed by atoms with Crippen LogP contribution in [0.1, 0.15) is 25.0 Å². The lowest BCUT2D eigenvalue weighted by Crippen LogP contribution is -2.61. The normalized spacial score (nSPS) is 14.8. The molecule has 0 saturated carbocycles. The summed E-state index contributed by atoms with van der Waals surface area (Å²) in [5.74, 6) is -7.31. The van der Waals surface area contributed by atoms with Gasteiger partial charge in [-0.15, -0.1) is 0 Å². The van der Waals surface area contributed by atoms with Gasteiger partial charge in [0.25, 0.3) is 0 Å². The number of carboxylic acids is 1. The first-order valence-corrected chi connectivity index (χ1v) is 18.5. The van der Waals surface area contributed by atoms with Crippen LogP contribution in [0, 0.1) is 0 Å². The molecule has 17 heteroatoms. The largest absolute Gasteiger partial charge is 0.479 e. The van der Waals surface area contributed by atoms with Crippen molar-refractivity contribution in [3.63, 3.8) is 0 Å². The number of nitrogens with two attached hydrogens (primary N) is 2. The van der Waals surface area contributed by atoms with Crippen LogP contribution < -0.4 is 31.6 Å². The molecule has 0 saturated heterocycles. The summed E-state index contributed by atoms with van der Waals surface area (Å²) in [5, 5.41) is 14.8. The summed E-state index contributed by atoms with van der Waals surface area (Å²) in [6, 6.07) is 30.4. The Balaban J connectivity index is 1.55. The van der Waals surface area contributed by atoms with Gasteiger partial charge in [0.1, 0.15) is 24.7 Å². The van der Waals surface area contributed by atoms with Crippen molar-refractivity contribution >= 4 is 42.0 Å². The van der Waals surface area contributed by atoms with Crippen LogP contribution in [0.2, 0.25) is 0 Å². The Hall–Kier alpha value is -7.11. The molecule has 2 amide bonds. The summed E-state index contributed by atoms with van der Waals surface area (Å²) in [6.07, 6.45) is -3.79. The maximum absolute atomic E-state index is 14.1. The molecule has 316 valence electrons. The van der Waals surface area contributed by atoms with Crippen molar-refractivity contribution in [1.82, 2.24) is 10.6 Å². The molecule has 0 radical (unpaired) electrons. The van der Waals surface area contributed by atoms with E-state index in [1.54, 1.807) is 84.9 Å². The van der Waals surface area contributed by atoms with Crippen molar-refractivity contribution < 1.29 is 62.4 Å². The Labute approximate surface area is 345 Å². The number of nitrogens with one attached hydrogen (secondary N) is 2. The zero-order chi connectivity index (χ0) is 43.7. The maximum atomic E-state index is 14.1. The van der Waals surface area contributed by atoms with Crippen molar-refractivity contribution in [2.45, 2.75) is 62.2 Å². The van der Waals surface area contributed by atoms with Gasteiger partial charge >= 0.3 is 30.2 Å². The van der Waals surface area contributed by atoms with E-state index in [1.165, 1.54) is 36.4 Å². The first-order valence-electron chi connectivity index (χ1n) is 18.5. The second kappa shape index (κ2) is 21.6. The molecule has 4 rings (SSSR count). The van der Waals surface area contributed by atoms with Crippen LogP contribution in [-0.2, 0) is 60.6 Å². The predicted octanol–water partition coefficient (Wildman–Crippen LogP) is 1.64. The number of aliphatic carboxylic acids is 1. The number of hydrogen-bond acceptors (Lipinski definition) is 14. The number of carbonyl (C=O) groups excluding carboxylic acids is 6. The molecule has 0 fully saturated rings. The number of carbonyl (C=O) groups is 7. The molecular weight excluding hydrogens is 780 g/mol. The monoisotopic (exact) mass is 826 g/mol. The molecule has 0 aliphatic carbocycles. The quantitative estimate of drug-likeness (QED) is 0.0248. The summed E-state index contributed by atoms with van der Waals surface area (Å²) in [4.78, 5) is 91.5. The topological polar surface area (TPSA) is 262 Å². The molecule has 6 atom stereocenters. The van der Waals surface area contributed by atoms with Crippen molar-refractivity contribution in [2.24, 2.45) is 11.5 Å². The van der Waals surface area contributed by atoms with E-state index in [4.69, 9.17) is 35.2 Å². The molecule has 0 spiro atoms. The minimum Gasteiger partial charge on any atom is -0.479 e. The Morgan fingerprint density at radius 3 is 1.47 bits per heavy atom. The Bertz CT molecular complexity index is 2080. The van der Waals surface area contributed by atoms with Gasteiger partial charge < -0.3 is 50.9 Å². The zero-order valence-electron chi connectivity index (χ0n) is 32.8. The van der Waals surface area contributed by atoms with Crippen LogP contribution in [-0.4, -0.2) is 95.9 Å². The third-order valence-electron chi connectivity index (χ3n) is 8.75. The standard InChI is InChI=1S/C43H46N4O13/c1-42(40(53)54,46-35(49)32(44)23-28-15-7-3-8-16-28)26-57-38(52)39(59-31-21-13-6-14-22-31)60-41(55)43(2,47-36(50)33(45)24-29-17-9-4-10-18-29)27-56-37(51)34(25-48)58-30-19-11-5-12-20-30/h3-22,25,32-34,39H,23-24,26-27,44-45H2,1-2H3,(H,46,49)(H,47,50)(H,53,54)/t32-,33-,34?,39?,42-,43-/m0/s1. The molecule has 0 aliphatic heterocycles. The van der Waals surface area contributed by atoms with Gasteiger partial charge in [0.2, 0.25) is 17.9 Å². The molecule has 60 heavy (non-hydrogen) atoms. The van der Waals surface area contributed by atoms with Gasteiger partial charge in [-0.3, -0.25) is 14.4 Å². The number of amides is 2. The highest BCUT2D eigenvalue weighted by Gasteiger charge is 2.44. The smallest absolute Gasteiger partial charge is 0.389 e. The number of rotatable bonds is 22. The van der Waals surface area contributed by atoms with E-state index in [0.29, 0.717) is 11.1 Å². The Morgan fingerprint density at radius 2 is 1.02 bits per heavy atom. The average Bonchev–Trinajstić information content (AvgIpc) is 3.24. The van der Waals surface area contributed by atoms with E-state index >= 15 is 0 Å². The molecule has 2 unspecified atom stereocenters. The fourth-order valence-electron chi connectivity index (χ4n) is 5.28. The number of ether oxygens (including phenoxy) is 5. The van der Waals surface area contributed by atoms with Gasteiger partial charge in [0.15, 0.2) is 17.4 Å². The molecule has 0 aromatic heterocycles. The van der Waals surface area contributed by atoms with Gasteiger partial charge in [-0.05, 0) is 62.1 Å². The van der Waals surface area contributed by atoms with Crippen molar-refractivity contribution in [3.05, 3.63) is 132 Å². The Kier molecular flexibility index (Phi) is 16.4. The first kappa shape index (κ1) is 45.6. The minimum atomic E-state index is -2.32. The van der Waals surface area contributed by atoms with Gasteiger partial charge in [-0.1, -0.05) is 97.1 Å². The summed E-state index contributed by atoms with van der Waals surface area (Å²) >= 11 is 0. The van der Waals surface area contributed by atoms with Crippen molar-refractivity contribution in [2.75, 3.05) is 13.2 Å².